The molecule has 0 unspecified atom stereocenters. The third kappa shape index (κ3) is 6.37. The van der Waals surface area contributed by atoms with Crippen LogP contribution in [0.1, 0.15) is 32.6 Å². The van der Waals surface area contributed by atoms with Gasteiger partial charge in [0.05, 0.1) is 11.4 Å². The van der Waals surface area contributed by atoms with Gasteiger partial charge in [-0.3, -0.25) is 4.79 Å². The number of carbonyl (C=O) groups is 1. The van der Waals surface area contributed by atoms with E-state index in [-0.39, 0.29) is 18.0 Å². The second-order valence-electron chi connectivity index (χ2n) is 7.27. The number of nitrogens with one attached hydrogen (secondary N) is 2. The van der Waals surface area contributed by atoms with Gasteiger partial charge in [-0.15, -0.1) is 0 Å². The fraction of sp³-hybridized carbons (Fsp3) is 0.174. The van der Waals surface area contributed by atoms with Crippen LogP contribution in [0.15, 0.2) is 60.7 Å². The van der Waals surface area contributed by atoms with Crippen molar-refractivity contribution in [1.82, 2.24) is 4.72 Å². The number of aryl methyl sites for hydroxylation is 2. The highest BCUT2D eigenvalue weighted by Crippen LogP contribution is 2.20. The van der Waals surface area contributed by atoms with E-state index in [1.54, 1.807) is 30.3 Å². The first-order valence-corrected chi connectivity index (χ1v) is 11.5. The number of sulfonamides is 1. The molecule has 0 saturated carbocycles. The molecule has 3 rings (SSSR count). The van der Waals surface area contributed by atoms with Crippen molar-refractivity contribution in [2.45, 2.75) is 26.1 Å². The maximum Gasteiger partial charge on any atom is 0.255 e. The Bertz CT molecular complexity index is 1210. The Morgan fingerprint density at radius 3 is 2.29 bits per heavy atom. The Balaban J connectivity index is 1.60. The van der Waals surface area contributed by atoms with Gasteiger partial charge in [-0.25, -0.2) is 17.5 Å². The number of benzene rings is 3. The van der Waals surface area contributed by atoms with Gasteiger partial charge in [0.25, 0.3) is 5.91 Å². The van der Waals surface area contributed by atoms with E-state index in [0.29, 0.717) is 16.1 Å². The van der Waals surface area contributed by atoms with Crippen LogP contribution in [0.2, 0.25) is 5.02 Å². The molecule has 5 nitrogen and oxygen atoms in total. The third-order valence-corrected chi connectivity index (χ3v) is 6.35. The lowest BCUT2D eigenvalue weighted by Crippen LogP contribution is -2.24. The van der Waals surface area contributed by atoms with Crippen LogP contribution in [0, 0.1) is 19.7 Å². The Morgan fingerprint density at radius 2 is 1.61 bits per heavy atom. The van der Waals surface area contributed by atoms with Gasteiger partial charge >= 0.3 is 0 Å². The lowest BCUT2D eigenvalue weighted by atomic mass is 10.1. The molecule has 0 spiro atoms. The predicted octanol–water partition coefficient (Wildman–Crippen LogP) is 4.97. The van der Waals surface area contributed by atoms with E-state index in [9.17, 15) is 17.6 Å². The number of hydrogen-bond donors (Lipinski definition) is 2. The smallest absolute Gasteiger partial charge is 0.255 e. The van der Waals surface area contributed by atoms with Crippen LogP contribution >= 0.6 is 11.6 Å². The van der Waals surface area contributed by atoms with Crippen molar-refractivity contribution in [2.75, 3.05) is 5.32 Å². The van der Waals surface area contributed by atoms with Crippen LogP contribution in [0.3, 0.4) is 0 Å². The zero-order chi connectivity index (χ0) is 22.6. The van der Waals surface area contributed by atoms with Gasteiger partial charge in [0.2, 0.25) is 10.0 Å². The van der Waals surface area contributed by atoms with Gasteiger partial charge in [-0.2, -0.15) is 0 Å². The minimum Gasteiger partial charge on any atom is -0.319 e. The summed E-state index contributed by atoms with van der Waals surface area (Å²) in [6, 6.07) is 15.8. The molecule has 0 aliphatic heterocycles. The van der Waals surface area contributed by atoms with Crippen LogP contribution in [0.4, 0.5) is 10.1 Å². The molecule has 0 bridgehead atoms. The van der Waals surface area contributed by atoms with Gasteiger partial charge < -0.3 is 5.32 Å². The van der Waals surface area contributed by atoms with Crippen LogP contribution in [0.25, 0.3) is 0 Å². The number of hydrogen-bond acceptors (Lipinski definition) is 3. The minimum absolute atomic E-state index is 0.0133. The van der Waals surface area contributed by atoms with Crippen LogP contribution < -0.4 is 10.0 Å². The van der Waals surface area contributed by atoms with E-state index >= 15 is 0 Å². The Kier molecular flexibility index (Phi) is 7.10. The molecule has 0 aliphatic carbocycles. The van der Waals surface area contributed by atoms with Gasteiger partial charge in [-0.05, 0) is 66.4 Å². The molecule has 31 heavy (non-hydrogen) atoms. The molecule has 0 aromatic heterocycles. The maximum absolute atomic E-state index is 13.8. The van der Waals surface area contributed by atoms with Crippen molar-refractivity contribution >= 4 is 33.2 Å². The van der Waals surface area contributed by atoms with Crippen LogP contribution in [-0.2, 0) is 22.3 Å². The van der Waals surface area contributed by atoms with E-state index in [2.05, 4.69) is 10.0 Å². The molecule has 0 radical (unpaired) electrons. The second kappa shape index (κ2) is 9.60. The number of anilines is 1. The number of halogens is 2. The lowest BCUT2D eigenvalue weighted by molar-refractivity contribution is 0.102. The first-order chi connectivity index (χ1) is 14.6. The molecule has 2 N–H and O–H groups in total. The van der Waals surface area contributed by atoms with Gasteiger partial charge in [0, 0.05) is 17.1 Å². The van der Waals surface area contributed by atoms with E-state index in [1.807, 2.05) is 26.0 Å². The standard InChI is InChI=1S/C23H22ClFN2O3S/c1-15-3-4-18(11-16(15)2)14-31(29,30)26-13-17-5-7-19(8-6-17)23(28)27-22-12-20(24)9-10-21(22)25/h3-12,26H,13-14H2,1-2H3,(H,27,28). The summed E-state index contributed by atoms with van der Waals surface area (Å²) in [5.74, 6) is -1.20. The highest BCUT2D eigenvalue weighted by atomic mass is 35.5. The van der Waals surface area contributed by atoms with Crippen LogP contribution in [0.5, 0.6) is 0 Å². The molecule has 8 heteroatoms. The topological polar surface area (TPSA) is 75.3 Å². The monoisotopic (exact) mass is 460 g/mol. The van der Waals surface area contributed by atoms with Crippen molar-refractivity contribution in [3.8, 4) is 0 Å². The maximum atomic E-state index is 13.8. The first kappa shape index (κ1) is 22.9. The summed E-state index contributed by atoms with van der Waals surface area (Å²) >= 11 is 5.83. The Morgan fingerprint density at radius 1 is 0.935 bits per heavy atom. The number of carbonyl (C=O) groups excluding carboxylic acids is 1. The average Bonchev–Trinajstić information content (AvgIpc) is 2.72. The average molecular weight is 461 g/mol. The minimum atomic E-state index is -3.52. The SMILES string of the molecule is Cc1ccc(CS(=O)(=O)NCc2ccc(C(=O)Nc3cc(Cl)ccc3F)cc2)cc1C. The van der Waals surface area contributed by atoms with Crippen molar-refractivity contribution in [3.63, 3.8) is 0 Å². The van der Waals surface area contributed by atoms with Crippen LogP contribution in [-0.4, -0.2) is 14.3 Å². The second-order valence-corrected chi connectivity index (χ2v) is 9.52. The fourth-order valence-corrected chi connectivity index (χ4v) is 4.20. The quantitative estimate of drug-likeness (QED) is 0.522. The van der Waals surface area contributed by atoms with Crippen molar-refractivity contribution in [2.24, 2.45) is 0 Å². The highest BCUT2D eigenvalue weighted by Gasteiger charge is 2.13. The molecular weight excluding hydrogens is 439 g/mol. The molecule has 162 valence electrons. The zero-order valence-corrected chi connectivity index (χ0v) is 18.6. The Hall–Kier alpha value is -2.74. The first-order valence-electron chi connectivity index (χ1n) is 9.52. The molecule has 3 aromatic carbocycles. The van der Waals surface area contributed by atoms with Crippen molar-refractivity contribution in [3.05, 3.63) is 99.3 Å². The summed E-state index contributed by atoms with van der Waals surface area (Å²) in [6.45, 7) is 4.01. The summed E-state index contributed by atoms with van der Waals surface area (Å²) in [5.41, 5.74) is 3.85. The summed E-state index contributed by atoms with van der Waals surface area (Å²) in [7, 11) is -3.52. The number of rotatable bonds is 7. The molecule has 0 saturated heterocycles. The zero-order valence-electron chi connectivity index (χ0n) is 17.1. The van der Waals surface area contributed by atoms with Crippen molar-refractivity contribution in [1.29, 1.82) is 0 Å². The third-order valence-electron chi connectivity index (χ3n) is 4.82. The summed E-state index contributed by atoms with van der Waals surface area (Å²) in [6.07, 6.45) is 0. The predicted molar refractivity (Wildman–Crippen MR) is 121 cm³/mol. The summed E-state index contributed by atoms with van der Waals surface area (Å²) in [5, 5.41) is 2.77. The van der Waals surface area contributed by atoms with E-state index < -0.39 is 21.7 Å². The summed E-state index contributed by atoms with van der Waals surface area (Å²) < 4.78 is 41.1. The van der Waals surface area contributed by atoms with E-state index in [0.717, 1.165) is 16.7 Å². The fourth-order valence-electron chi connectivity index (χ4n) is 2.92. The molecule has 0 aliphatic rings. The number of amides is 1. The molecular formula is C23H22ClFN2O3S. The lowest BCUT2D eigenvalue weighted by Gasteiger charge is -2.10. The molecule has 3 aromatic rings. The summed E-state index contributed by atoms with van der Waals surface area (Å²) in [4.78, 5) is 12.3. The molecule has 1 amide bonds. The van der Waals surface area contributed by atoms with Gasteiger partial charge in [-0.1, -0.05) is 41.9 Å². The van der Waals surface area contributed by atoms with Gasteiger partial charge in [0.1, 0.15) is 5.82 Å². The van der Waals surface area contributed by atoms with Gasteiger partial charge in [0.15, 0.2) is 0 Å². The van der Waals surface area contributed by atoms with Crippen molar-refractivity contribution < 1.29 is 17.6 Å². The largest absolute Gasteiger partial charge is 0.319 e. The van der Waals surface area contributed by atoms with E-state index in [4.69, 9.17) is 11.6 Å². The molecule has 0 atom stereocenters. The molecule has 0 fully saturated rings. The Labute approximate surface area is 186 Å². The molecule has 0 heterocycles. The normalized spacial score (nSPS) is 11.4. The highest BCUT2D eigenvalue weighted by molar-refractivity contribution is 7.88. The van der Waals surface area contributed by atoms with E-state index in [1.165, 1.54) is 18.2 Å².